The molecule has 0 fully saturated rings. The Morgan fingerprint density at radius 1 is 1.04 bits per heavy atom. The predicted octanol–water partition coefficient (Wildman–Crippen LogP) is 2.15. The summed E-state index contributed by atoms with van der Waals surface area (Å²) >= 11 is 0. The Balaban J connectivity index is 2.22. The van der Waals surface area contributed by atoms with E-state index in [4.69, 9.17) is 9.57 Å². The first kappa shape index (κ1) is 19.9. The molecule has 7 nitrogen and oxygen atoms in total. The topological polar surface area (TPSA) is 76.2 Å². The summed E-state index contributed by atoms with van der Waals surface area (Å²) in [4.78, 5) is 18.9. The van der Waals surface area contributed by atoms with Crippen molar-refractivity contribution in [3.63, 3.8) is 0 Å². The fourth-order valence-corrected chi connectivity index (χ4v) is 3.39. The van der Waals surface area contributed by atoms with E-state index in [1.54, 1.807) is 20.2 Å². The number of hydrogen-bond donors (Lipinski definition) is 0. The number of methoxy groups -OCH3 is 1. The zero-order chi connectivity index (χ0) is 19.3. The van der Waals surface area contributed by atoms with Crippen LogP contribution < -0.4 is 4.74 Å². The summed E-state index contributed by atoms with van der Waals surface area (Å²) in [5.74, 6) is 0.420. The molecule has 8 heteroatoms. The Labute approximate surface area is 153 Å². The molecule has 0 saturated carbocycles. The lowest BCUT2D eigenvalue weighted by Gasteiger charge is -2.19. The van der Waals surface area contributed by atoms with E-state index in [9.17, 15) is 13.2 Å². The predicted molar refractivity (Wildman–Crippen MR) is 97.2 cm³/mol. The molecule has 0 unspecified atom stereocenters. The Hall–Kier alpha value is -2.42. The van der Waals surface area contributed by atoms with Gasteiger partial charge in [0.1, 0.15) is 5.75 Å². The Kier molecular flexibility index (Phi) is 6.36. The zero-order valence-corrected chi connectivity index (χ0v) is 16.0. The van der Waals surface area contributed by atoms with Gasteiger partial charge in [-0.2, -0.15) is 0 Å². The molecule has 2 rings (SSSR count). The molecule has 0 bridgehead atoms. The second kappa shape index (κ2) is 8.31. The standard InChI is InChI=1S/C18H22N2O5S/c1-19(13-14-7-5-9-16(11-14)24-3)18(21)15-8-6-10-17(12-15)26(22,23)20(2)25-4/h5-12H,13H2,1-4H3. The van der Waals surface area contributed by atoms with Gasteiger partial charge in [0.2, 0.25) is 0 Å². The Morgan fingerprint density at radius 3 is 2.38 bits per heavy atom. The lowest BCUT2D eigenvalue weighted by molar-refractivity contribution is -0.0258. The van der Waals surface area contributed by atoms with Crippen molar-refractivity contribution in [2.24, 2.45) is 0 Å². The number of nitrogens with zero attached hydrogens (tertiary/aromatic N) is 2. The van der Waals surface area contributed by atoms with Crippen molar-refractivity contribution in [2.75, 3.05) is 28.3 Å². The summed E-state index contributed by atoms with van der Waals surface area (Å²) in [7, 11) is 1.97. The maximum Gasteiger partial charge on any atom is 0.264 e. The van der Waals surface area contributed by atoms with Crippen LogP contribution in [0.3, 0.4) is 0 Å². The molecule has 0 spiro atoms. The normalized spacial score (nSPS) is 11.4. The van der Waals surface area contributed by atoms with Crippen LogP contribution in [-0.4, -0.2) is 52.0 Å². The minimum Gasteiger partial charge on any atom is -0.497 e. The maximum atomic E-state index is 12.7. The van der Waals surface area contributed by atoms with E-state index >= 15 is 0 Å². The van der Waals surface area contributed by atoms with Crippen molar-refractivity contribution in [1.29, 1.82) is 0 Å². The molecule has 2 aromatic carbocycles. The molecular formula is C18H22N2O5S. The number of benzene rings is 2. The number of hydroxylamine groups is 1. The molecule has 1 amide bonds. The summed E-state index contributed by atoms with van der Waals surface area (Å²) in [6.07, 6.45) is 0. The van der Waals surface area contributed by atoms with Gasteiger partial charge >= 0.3 is 0 Å². The van der Waals surface area contributed by atoms with Gasteiger partial charge < -0.3 is 9.64 Å². The minimum atomic E-state index is -3.81. The lowest BCUT2D eigenvalue weighted by atomic mass is 10.1. The van der Waals surface area contributed by atoms with Crippen LogP contribution in [0.5, 0.6) is 5.75 Å². The monoisotopic (exact) mass is 378 g/mol. The first-order chi connectivity index (χ1) is 12.3. The lowest BCUT2D eigenvalue weighted by Crippen LogP contribution is -2.28. The number of ether oxygens (including phenoxy) is 1. The molecule has 0 atom stereocenters. The Morgan fingerprint density at radius 2 is 1.73 bits per heavy atom. The average Bonchev–Trinajstić information content (AvgIpc) is 2.66. The highest BCUT2D eigenvalue weighted by molar-refractivity contribution is 7.89. The van der Waals surface area contributed by atoms with E-state index < -0.39 is 10.0 Å². The quantitative estimate of drug-likeness (QED) is 0.690. The van der Waals surface area contributed by atoms with Gasteiger partial charge in [0, 0.05) is 26.2 Å². The molecule has 0 N–H and O–H groups in total. The highest BCUT2D eigenvalue weighted by Gasteiger charge is 2.22. The van der Waals surface area contributed by atoms with E-state index in [0.29, 0.717) is 12.3 Å². The zero-order valence-electron chi connectivity index (χ0n) is 15.2. The summed E-state index contributed by atoms with van der Waals surface area (Å²) in [6, 6.07) is 13.3. The number of rotatable bonds is 7. The number of amides is 1. The highest BCUT2D eigenvalue weighted by Crippen LogP contribution is 2.18. The molecule has 0 aliphatic rings. The number of carbonyl (C=O) groups excluding carboxylic acids is 1. The first-order valence-corrected chi connectivity index (χ1v) is 9.25. The van der Waals surface area contributed by atoms with E-state index in [1.807, 2.05) is 24.3 Å². The van der Waals surface area contributed by atoms with Gasteiger partial charge in [-0.3, -0.25) is 9.63 Å². The minimum absolute atomic E-state index is 0.0116. The molecule has 0 radical (unpaired) electrons. The van der Waals surface area contributed by atoms with Crippen molar-refractivity contribution >= 4 is 15.9 Å². The van der Waals surface area contributed by atoms with Gasteiger partial charge in [0.15, 0.2) is 0 Å². The van der Waals surface area contributed by atoms with Crippen molar-refractivity contribution < 1.29 is 22.8 Å². The third kappa shape index (κ3) is 4.40. The van der Waals surface area contributed by atoms with Crippen LogP contribution >= 0.6 is 0 Å². The third-order valence-corrected chi connectivity index (χ3v) is 5.55. The largest absolute Gasteiger partial charge is 0.497 e. The smallest absolute Gasteiger partial charge is 0.264 e. The molecule has 0 aliphatic heterocycles. The van der Waals surface area contributed by atoms with Crippen LogP contribution in [0.4, 0.5) is 0 Å². The van der Waals surface area contributed by atoms with E-state index in [2.05, 4.69) is 0 Å². The van der Waals surface area contributed by atoms with Gasteiger partial charge in [0.25, 0.3) is 15.9 Å². The summed E-state index contributed by atoms with van der Waals surface area (Å²) < 4.78 is 30.6. The van der Waals surface area contributed by atoms with Crippen LogP contribution in [0.2, 0.25) is 0 Å². The third-order valence-electron chi connectivity index (χ3n) is 3.88. The summed E-state index contributed by atoms with van der Waals surface area (Å²) in [5, 5.41) is 0. The van der Waals surface area contributed by atoms with Crippen LogP contribution in [0.1, 0.15) is 15.9 Å². The summed E-state index contributed by atoms with van der Waals surface area (Å²) in [5.41, 5.74) is 1.18. The maximum absolute atomic E-state index is 12.7. The van der Waals surface area contributed by atoms with E-state index in [1.165, 1.54) is 37.3 Å². The van der Waals surface area contributed by atoms with Crippen molar-refractivity contribution in [3.05, 3.63) is 59.7 Å². The molecule has 0 saturated heterocycles. The number of sulfonamides is 1. The van der Waals surface area contributed by atoms with Gasteiger partial charge in [0.05, 0.1) is 19.1 Å². The van der Waals surface area contributed by atoms with Gasteiger partial charge in [-0.05, 0) is 35.9 Å². The van der Waals surface area contributed by atoms with Gasteiger partial charge in [-0.15, -0.1) is 0 Å². The van der Waals surface area contributed by atoms with E-state index in [0.717, 1.165) is 10.0 Å². The molecule has 0 aliphatic carbocycles. The highest BCUT2D eigenvalue weighted by atomic mass is 32.2. The summed E-state index contributed by atoms with van der Waals surface area (Å²) in [6.45, 7) is 0.366. The molecular weight excluding hydrogens is 356 g/mol. The second-order valence-corrected chi connectivity index (χ2v) is 7.57. The van der Waals surface area contributed by atoms with Crippen molar-refractivity contribution in [2.45, 2.75) is 11.4 Å². The first-order valence-electron chi connectivity index (χ1n) is 7.81. The van der Waals surface area contributed by atoms with Crippen molar-refractivity contribution in [1.82, 2.24) is 9.37 Å². The SMILES string of the molecule is COc1cccc(CN(C)C(=O)c2cccc(S(=O)(=O)N(C)OC)c2)c1. The Bertz CT molecular complexity index is 883. The van der Waals surface area contributed by atoms with Crippen molar-refractivity contribution in [3.8, 4) is 5.75 Å². The fraction of sp³-hybridized carbons (Fsp3) is 0.278. The second-order valence-electron chi connectivity index (χ2n) is 5.64. The van der Waals surface area contributed by atoms with Gasteiger partial charge in [-0.1, -0.05) is 22.7 Å². The molecule has 0 heterocycles. The molecule has 140 valence electrons. The number of carbonyl (C=O) groups is 1. The van der Waals surface area contributed by atoms with Crippen LogP contribution in [0.15, 0.2) is 53.4 Å². The molecule has 0 aromatic heterocycles. The van der Waals surface area contributed by atoms with E-state index in [-0.39, 0.29) is 16.4 Å². The fourth-order valence-electron chi connectivity index (χ4n) is 2.37. The van der Waals surface area contributed by atoms with Crippen LogP contribution in [0.25, 0.3) is 0 Å². The number of hydrogen-bond acceptors (Lipinski definition) is 5. The van der Waals surface area contributed by atoms with Crippen LogP contribution in [-0.2, 0) is 21.4 Å². The van der Waals surface area contributed by atoms with Crippen LogP contribution in [0, 0.1) is 0 Å². The molecule has 2 aromatic rings. The van der Waals surface area contributed by atoms with Gasteiger partial charge in [-0.25, -0.2) is 8.42 Å². The average molecular weight is 378 g/mol. The molecule has 26 heavy (non-hydrogen) atoms.